The van der Waals surface area contributed by atoms with E-state index in [1.807, 2.05) is 11.4 Å². The molecule has 0 aliphatic heterocycles. The minimum absolute atomic E-state index is 0.110. The van der Waals surface area contributed by atoms with E-state index in [1.54, 1.807) is 30.3 Å². The van der Waals surface area contributed by atoms with Crippen molar-refractivity contribution in [3.8, 4) is 0 Å². The minimum atomic E-state index is -0.335. The molecule has 2 unspecified atom stereocenters. The molecule has 120 valence electrons. The highest BCUT2D eigenvalue weighted by Gasteiger charge is 2.26. The molecule has 1 aliphatic rings. The molecule has 1 fully saturated rings. The number of carbonyl (C=O) groups excluding carboxylic acids is 2. The maximum atomic E-state index is 12.5. The highest BCUT2D eigenvalue weighted by molar-refractivity contribution is 7.12. The summed E-state index contributed by atoms with van der Waals surface area (Å²) in [4.78, 5) is 25.6. The van der Waals surface area contributed by atoms with Gasteiger partial charge in [-0.25, -0.2) is 0 Å². The molecule has 1 saturated carbocycles. The third kappa shape index (κ3) is 3.51. The van der Waals surface area contributed by atoms with E-state index in [0.717, 1.165) is 19.3 Å². The Kier molecular flexibility index (Phi) is 4.88. The Bertz CT molecular complexity index is 696. The molecule has 0 bridgehead atoms. The van der Waals surface area contributed by atoms with Crippen LogP contribution in [0.3, 0.4) is 0 Å². The van der Waals surface area contributed by atoms with Gasteiger partial charge in [0.05, 0.1) is 16.5 Å². The third-order valence-electron chi connectivity index (χ3n) is 4.31. The SMILES string of the molecule is O=C(NCC1CCCC1O)c1ccccc1C(=O)c1cccs1. The summed E-state index contributed by atoms with van der Waals surface area (Å²) < 4.78 is 0. The van der Waals surface area contributed by atoms with E-state index in [2.05, 4.69) is 5.32 Å². The smallest absolute Gasteiger partial charge is 0.252 e. The van der Waals surface area contributed by atoms with Gasteiger partial charge < -0.3 is 10.4 Å². The normalized spacial score (nSPS) is 20.4. The van der Waals surface area contributed by atoms with Gasteiger partial charge in [-0.15, -0.1) is 11.3 Å². The van der Waals surface area contributed by atoms with Crippen LogP contribution in [0, 0.1) is 5.92 Å². The zero-order valence-corrected chi connectivity index (χ0v) is 13.5. The largest absolute Gasteiger partial charge is 0.393 e. The standard InChI is InChI=1S/C18H19NO3S/c20-15-8-3-5-12(15)11-19-18(22)14-7-2-1-6-13(14)17(21)16-9-4-10-23-16/h1-2,4,6-7,9-10,12,15,20H,3,5,8,11H2,(H,19,22). The van der Waals surface area contributed by atoms with Crippen LogP contribution in [0.4, 0.5) is 0 Å². The number of rotatable bonds is 5. The van der Waals surface area contributed by atoms with Crippen molar-refractivity contribution in [2.75, 3.05) is 6.54 Å². The van der Waals surface area contributed by atoms with Crippen LogP contribution in [0.2, 0.25) is 0 Å². The zero-order chi connectivity index (χ0) is 16.2. The number of nitrogens with one attached hydrogen (secondary N) is 1. The van der Waals surface area contributed by atoms with Gasteiger partial charge in [-0.2, -0.15) is 0 Å². The molecule has 2 N–H and O–H groups in total. The third-order valence-corrected chi connectivity index (χ3v) is 5.17. The van der Waals surface area contributed by atoms with E-state index in [-0.39, 0.29) is 23.7 Å². The predicted molar refractivity (Wildman–Crippen MR) is 89.9 cm³/mol. The summed E-state index contributed by atoms with van der Waals surface area (Å²) in [5, 5.41) is 14.5. The quantitative estimate of drug-likeness (QED) is 0.829. The second kappa shape index (κ2) is 7.06. The molecule has 1 amide bonds. The number of aliphatic hydroxyl groups is 1. The Labute approximate surface area is 139 Å². The monoisotopic (exact) mass is 329 g/mol. The number of benzene rings is 1. The van der Waals surface area contributed by atoms with Crippen molar-refractivity contribution in [3.63, 3.8) is 0 Å². The molecule has 5 heteroatoms. The van der Waals surface area contributed by atoms with Gasteiger partial charge in [-0.1, -0.05) is 30.7 Å². The van der Waals surface area contributed by atoms with E-state index in [4.69, 9.17) is 0 Å². The highest BCUT2D eigenvalue weighted by Crippen LogP contribution is 2.25. The van der Waals surface area contributed by atoms with Crippen LogP contribution in [0.25, 0.3) is 0 Å². The summed E-state index contributed by atoms with van der Waals surface area (Å²) in [6.45, 7) is 0.446. The van der Waals surface area contributed by atoms with Crippen molar-refractivity contribution in [3.05, 3.63) is 57.8 Å². The lowest BCUT2D eigenvalue weighted by atomic mass is 10.0. The lowest BCUT2D eigenvalue weighted by molar-refractivity contribution is 0.0908. The minimum Gasteiger partial charge on any atom is -0.393 e. The van der Waals surface area contributed by atoms with E-state index in [1.165, 1.54) is 11.3 Å². The maximum Gasteiger partial charge on any atom is 0.252 e. The highest BCUT2D eigenvalue weighted by atomic mass is 32.1. The zero-order valence-electron chi connectivity index (χ0n) is 12.7. The molecule has 0 saturated heterocycles. The van der Waals surface area contributed by atoms with Gasteiger partial charge in [-0.3, -0.25) is 9.59 Å². The van der Waals surface area contributed by atoms with Crippen LogP contribution in [0.15, 0.2) is 41.8 Å². The molecule has 1 aromatic carbocycles. The van der Waals surface area contributed by atoms with Crippen LogP contribution in [0.5, 0.6) is 0 Å². The Hall–Kier alpha value is -1.98. The second-order valence-electron chi connectivity index (χ2n) is 5.82. The molecule has 2 atom stereocenters. The molecule has 1 aromatic heterocycles. The number of hydrogen-bond donors (Lipinski definition) is 2. The van der Waals surface area contributed by atoms with Crippen molar-refractivity contribution >= 4 is 23.0 Å². The van der Waals surface area contributed by atoms with Crippen LogP contribution < -0.4 is 5.32 Å². The molecular weight excluding hydrogens is 310 g/mol. The summed E-state index contributed by atoms with van der Waals surface area (Å²) in [7, 11) is 0. The fourth-order valence-corrected chi connectivity index (χ4v) is 3.67. The van der Waals surface area contributed by atoms with Crippen LogP contribution in [0.1, 0.15) is 44.9 Å². The summed E-state index contributed by atoms with van der Waals surface area (Å²) in [6, 6.07) is 10.4. The molecule has 2 aromatic rings. The van der Waals surface area contributed by atoms with Crippen molar-refractivity contribution in [2.45, 2.75) is 25.4 Å². The van der Waals surface area contributed by atoms with E-state index < -0.39 is 0 Å². The summed E-state index contributed by atoms with van der Waals surface area (Å²) in [5.74, 6) is -0.282. The molecule has 3 rings (SSSR count). The van der Waals surface area contributed by atoms with Gasteiger partial charge in [0.15, 0.2) is 0 Å². The Morgan fingerprint density at radius 2 is 1.91 bits per heavy atom. The second-order valence-corrected chi connectivity index (χ2v) is 6.77. The average Bonchev–Trinajstić information content (AvgIpc) is 3.24. The number of carbonyl (C=O) groups is 2. The van der Waals surface area contributed by atoms with Gasteiger partial charge in [0.2, 0.25) is 5.78 Å². The fourth-order valence-electron chi connectivity index (χ4n) is 2.99. The van der Waals surface area contributed by atoms with Gasteiger partial charge in [-0.05, 0) is 30.4 Å². The Morgan fingerprint density at radius 1 is 1.13 bits per heavy atom. The topological polar surface area (TPSA) is 66.4 Å². The molecule has 23 heavy (non-hydrogen) atoms. The van der Waals surface area contributed by atoms with Gasteiger partial charge >= 0.3 is 0 Å². The van der Waals surface area contributed by atoms with Crippen LogP contribution in [-0.2, 0) is 0 Å². The van der Waals surface area contributed by atoms with Crippen molar-refractivity contribution in [1.29, 1.82) is 0 Å². The van der Waals surface area contributed by atoms with Gasteiger partial charge in [0, 0.05) is 18.0 Å². The van der Waals surface area contributed by atoms with Crippen molar-refractivity contribution in [1.82, 2.24) is 5.32 Å². The molecule has 1 heterocycles. The number of ketones is 1. The predicted octanol–water partition coefficient (Wildman–Crippen LogP) is 2.87. The first-order chi connectivity index (χ1) is 11.2. The first-order valence-corrected chi connectivity index (χ1v) is 8.68. The molecule has 0 radical (unpaired) electrons. The first kappa shape index (κ1) is 15.9. The maximum absolute atomic E-state index is 12.5. The van der Waals surface area contributed by atoms with Crippen molar-refractivity contribution < 1.29 is 14.7 Å². The Balaban J connectivity index is 1.74. The van der Waals surface area contributed by atoms with Crippen molar-refractivity contribution in [2.24, 2.45) is 5.92 Å². The summed E-state index contributed by atoms with van der Waals surface area (Å²) >= 11 is 1.37. The molecular formula is C18H19NO3S. The summed E-state index contributed by atoms with van der Waals surface area (Å²) in [6.07, 6.45) is 2.39. The van der Waals surface area contributed by atoms with Gasteiger partial charge in [0.25, 0.3) is 5.91 Å². The van der Waals surface area contributed by atoms with Crippen LogP contribution >= 0.6 is 11.3 Å². The molecule has 0 spiro atoms. The summed E-state index contributed by atoms with van der Waals surface area (Å²) in [5.41, 5.74) is 0.804. The Morgan fingerprint density at radius 3 is 2.57 bits per heavy atom. The number of amides is 1. The molecule has 4 nitrogen and oxygen atoms in total. The number of thiophene rings is 1. The average molecular weight is 329 g/mol. The van der Waals surface area contributed by atoms with E-state index >= 15 is 0 Å². The number of hydrogen-bond acceptors (Lipinski definition) is 4. The van der Waals surface area contributed by atoms with E-state index in [0.29, 0.717) is 22.5 Å². The first-order valence-electron chi connectivity index (χ1n) is 7.80. The fraction of sp³-hybridized carbons (Fsp3) is 0.333. The molecule has 1 aliphatic carbocycles. The van der Waals surface area contributed by atoms with Gasteiger partial charge in [0.1, 0.15) is 0 Å². The lowest BCUT2D eigenvalue weighted by Crippen LogP contribution is -2.33. The van der Waals surface area contributed by atoms with Crippen LogP contribution in [-0.4, -0.2) is 29.4 Å². The van der Waals surface area contributed by atoms with E-state index in [9.17, 15) is 14.7 Å². The number of aliphatic hydroxyl groups excluding tert-OH is 1. The lowest BCUT2D eigenvalue weighted by Gasteiger charge is -2.16.